The van der Waals surface area contributed by atoms with Crippen molar-refractivity contribution in [1.29, 1.82) is 0 Å². The lowest BCUT2D eigenvalue weighted by atomic mass is 9.99. The van der Waals surface area contributed by atoms with Crippen LogP contribution in [0.15, 0.2) is 24.3 Å². The van der Waals surface area contributed by atoms with Gasteiger partial charge in [0.15, 0.2) is 4.58 Å². The van der Waals surface area contributed by atoms with Crippen LogP contribution in [0, 0.1) is 0 Å². The van der Waals surface area contributed by atoms with Crippen molar-refractivity contribution in [3.8, 4) is 0 Å². The lowest BCUT2D eigenvalue weighted by molar-refractivity contribution is -0.0472. The van der Waals surface area contributed by atoms with Crippen LogP contribution in [0.3, 0.4) is 0 Å². The molecule has 4 nitrogen and oxygen atoms in total. The minimum absolute atomic E-state index is 0.245. The van der Waals surface area contributed by atoms with E-state index in [9.17, 15) is 43.2 Å². The first kappa shape index (κ1) is 28.0. The summed E-state index contributed by atoms with van der Waals surface area (Å²) in [6, 6.07) is 7.05. The third-order valence-corrected chi connectivity index (χ3v) is 15.1. The van der Waals surface area contributed by atoms with Crippen molar-refractivity contribution in [3.63, 3.8) is 0 Å². The maximum absolute atomic E-state index is 13.0. The SMILES string of the molecule is CCC(C)c1ccc([Si](C)(C)C(C)CC(S(=O)(=O)C(F)(F)F)S(=O)(=O)C(F)(F)F)cc1. The topological polar surface area (TPSA) is 68.3 Å². The standard InChI is InChI=1S/C18H26F6O4S2Si/c1-6-12(2)14-7-9-15(10-8-14)31(4,5)13(3)11-16(29(25,26)17(19,20)21)30(27,28)18(22,23)24/h7-10,12-13,16H,6,11H2,1-5H3. The van der Waals surface area contributed by atoms with Gasteiger partial charge in [-0.3, -0.25) is 0 Å². The van der Waals surface area contributed by atoms with E-state index in [4.69, 9.17) is 0 Å². The second-order valence-corrected chi connectivity index (χ2v) is 17.7. The number of rotatable bonds is 8. The Morgan fingerprint density at radius 2 is 1.23 bits per heavy atom. The molecule has 31 heavy (non-hydrogen) atoms. The predicted molar refractivity (Wildman–Crippen MR) is 110 cm³/mol. The van der Waals surface area contributed by atoms with Crippen LogP contribution in [-0.2, 0) is 19.7 Å². The van der Waals surface area contributed by atoms with Crippen molar-refractivity contribution in [1.82, 2.24) is 0 Å². The minimum Gasteiger partial charge on any atom is -0.218 e. The van der Waals surface area contributed by atoms with E-state index in [-0.39, 0.29) is 5.92 Å². The summed E-state index contributed by atoms with van der Waals surface area (Å²) in [4.78, 5) is 0. The zero-order chi connectivity index (χ0) is 24.6. The zero-order valence-corrected chi connectivity index (χ0v) is 20.3. The molecule has 0 saturated carbocycles. The largest absolute Gasteiger partial charge is 0.498 e. The van der Waals surface area contributed by atoms with E-state index >= 15 is 0 Å². The summed E-state index contributed by atoms with van der Waals surface area (Å²) >= 11 is 0. The number of halogens is 6. The third-order valence-electron chi connectivity index (χ3n) is 5.95. The smallest absolute Gasteiger partial charge is 0.218 e. The summed E-state index contributed by atoms with van der Waals surface area (Å²) in [5, 5.41) is 0.666. The normalized spacial score (nSPS) is 16.4. The van der Waals surface area contributed by atoms with E-state index in [0.717, 1.165) is 12.0 Å². The van der Waals surface area contributed by atoms with Gasteiger partial charge in [0.25, 0.3) is 19.7 Å². The van der Waals surface area contributed by atoms with Crippen molar-refractivity contribution in [3.05, 3.63) is 29.8 Å². The lowest BCUT2D eigenvalue weighted by Gasteiger charge is -2.33. The number of benzene rings is 1. The molecular weight excluding hydrogens is 486 g/mol. The number of hydrogen-bond acceptors (Lipinski definition) is 4. The third kappa shape index (κ3) is 5.65. The van der Waals surface area contributed by atoms with Crippen LogP contribution in [0.2, 0.25) is 18.6 Å². The Morgan fingerprint density at radius 1 is 0.839 bits per heavy atom. The molecule has 0 bridgehead atoms. The van der Waals surface area contributed by atoms with E-state index in [0.29, 0.717) is 5.19 Å². The Kier molecular flexibility index (Phi) is 8.15. The Balaban J connectivity index is 3.43. The van der Waals surface area contributed by atoms with Crippen LogP contribution in [0.5, 0.6) is 0 Å². The molecule has 0 amide bonds. The molecule has 1 aromatic rings. The van der Waals surface area contributed by atoms with Gasteiger partial charge in [-0.25, -0.2) is 16.8 Å². The molecule has 0 spiro atoms. The Hall–Kier alpha value is -1.08. The summed E-state index contributed by atoms with van der Waals surface area (Å²) in [7, 11) is -16.1. The zero-order valence-electron chi connectivity index (χ0n) is 17.7. The first-order chi connectivity index (χ1) is 13.7. The van der Waals surface area contributed by atoms with Gasteiger partial charge in [0.2, 0.25) is 0 Å². The van der Waals surface area contributed by atoms with Crippen LogP contribution in [-0.4, -0.2) is 40.5 Å². The lowest BCUT2D eigenvalue weighted by Crippen LogP contribution is -2.50. The minimum atomic E-state index is -6.62. The Morgan fingerprint density at radius 3 is 1.55 bits per heavy atom. The fourth-order valence-electron chi connectivity index (χ4n) is 3.06. The molecule has 13 heteroatoms. The van der Waals surface area contributed by atoms with Gasteiger partial charge in [0.1, 0.15) is 0 Å². The van der Waals surface area contributed by atoms with Crippen LogP contribution in [0.4, 0.5) is 26.3 Å². The van der Waals surface area contributed by atoms with Crippen LogP contribution in [0.1, 0.15) is 45.1 Å². The molecule has 0 saturated heterocycles. The van der Waals surface area contributed by atoms with Crippen molar-refractivity contribution < 1.29 is 43.2 Å². The Bertz CT molecular complexity index is 924. The van der Waals surface area contributed by atoms with E-state index in [2.05, 4.69) is 0 Å². The van der Waals surface area contributed by atoms with E-state index < -0.39 is 55.3 Å². The fraction of sp³-hybridized carbons (Fsp3) is 0.667. The van der Waals surface area contributed by atoms with Crippen LogP contribution < -0.4 is 5.19 Å². The van der Waals surface area contributed by atoms with Crippen molar-refractivity contribution in [2.24, 2.45) is 0 Å². The molecule has 0 N–H and O–H groups in total. The van der Waals surface area contributed by atoms with Gasteiger partial charge in [0.05, 0.1) is 8.07 Å². The number of hydrogen-bond donors (Lipinski definition) is 0. The van der Waals surface area contributed by atoms with Gasteiger partial charge in [-0.05, 0) is 29.9 Å². The van der Waals surface area contributed by atoms with Crippen LogP contribution >= 0.6 is 0 Å². The first-order valence-corrected chi connectivity index (χ1v) is 15.6. The van der Waals surface area contributed by atoms with Gasteiger partial charge >= 0.3 is 11.0 Å². The van der Waals surface area contributed by atoms with E-state index in [1.807, 2.05) is 13.8 Å². The molecule has 0 aromatic heterocycles. The summed E-state index contributed by atoms with van der Waals surface area (Å²) in [5.41, 5.74) is -12.3. The molecule has 0 aliphatic rings. The van der Waals surface area contributed by atoms with E-state index in [1.165, 1.54) is 6.92 Å². The molecule has 0 heterocycles. The molecule has 0 aliphatic heterocycles. The van der Waals surface area contributed by atoms with Gasteiger partial charge in [0, 0.05) is 0 Å². The summed E-state index contributed by atoms with van der Waals surface area (Å²) < 4.78 is 122. The predicted octanol–water partition coefficient (Wildman–Crippen LogP) is 5.09. The summed E-state index contributed by atoms with van der Waals surface area (Å²) in [6.45, 7) is 8.57. The molecule has 0 aliphatic carbocycles. The quantitative estimate of drug-likeness (QED) is 0.359. The Labute approximate surface area is 179 Å². The second kappa shape index (κ2) is 9.04. The molecular formula is C18H26F6O4S2Si. The number of alkyl halides is 6. The summed E-state index contributed by atoms with van der Waals surface area (Å²) in [5.74, 6) is 0.245. The maximum atomic E-state index is 13.0. The number of sulfone groups is 2. The molecule has 0 fully saturated rings. The van der Waals surface area contributed by atoms with E-state index in [1.54, 1.807) is 37.4 Å². The monoisotopic (exact) mass is 512 g/mol. The van der Waals surface area contributed by atoms with Crippen molar-refractivity contribution >= 4 is 32.9 Å². The molecule has 2 atom stereocenters. The van der Waals surface area contributed by atoms with Gasteiger partial charge in [-0.1, -0.05) is 63.3 Å². The highest BCUT2D eigenvalue weighted by Gasteiger charge is 2.63. The van der Waals surface area contributed by atoms with Gasteiger partial charge < -0.3 is 0 Å². The van der Waals surface area contributed by atoms with Crippen molar-refractivity contribution in [2.45, 2.75) is 73.8 Å². The highest BCUT2D eigenvalue weighted by Crippen LogP contribution is 2.41. The summed E-state index contributed by atoms with van der Waals surface area (Å²) in [6.07, 6.45) is -0.446. The molecule has 1 rings (SSSR count). The second-order valence-electron chi connectivity index (χ2n) is 8.20. The first-order valence-electron chi connectivity index (χ1n) is 9.42. The molecule has 2 unspecified atom stereocenters. The van der Waals surface area contributed by atoms with Crippen molar-refractivity contribution in [2.75, 3.05) is 0 Å². The molecule has 180 valence electrons. The highest BCUT2D eigenvalue weighted by molar-refractivity contribution is 8.09. The van der Waals surface area contributed by atoms with Crippen LogP contribution in [0.25, 0.3) is 0 Å². The van der Waals surface area contributed by atoms with Gasteiger partial charge in [-0.2, -0.15) is 26.3 Å². The average Bonchev–Trinajstić information content (AvgIpc) is 2.63. The fourth-order valence-corrected chi connectivity index (χ4v) is 9.49. The molecule has 1 aromatic carbocycles. The average molecular weight is 513 g/mol. The highest BCUT2D eigenvalue weighted by atomic mass is 32.3. The molecule has 0 radical (unpaired) electrons. The maximum Gasteiger partial charge on any atom is 0.498 e. The van der Waals surface area contributed by atoms with Gasteiger partial charge in [-0.15, -0.1) is 0 Å².